The van der Waals surface area contributed by atoms with Crippen molar-refractivity contribution in [1.82, 2.24) is 10.2 Å². The summed E-state index contributed by atoms with van der Waals surface area (Å²) < 4.78 is 26.0. The van der Waals surface area contributed by atoms with Crippen LogP contribution in [-0.4, -0.2) is 50.5 Å². The summed E-state index contributed by atoms with van der Waals surface area (Å²) in [7, 11) is -3.57. The second kappa shape index (κ2) is 13.0. The van der Waals surface area contributed by atoms with Gasteiger partial charge in [0.2, 0.25) is 21.8 Å². The minimum Gasteiger partial charge on any atom is -0.355 e. The van der Waals surface area contributed by atoms with Gasteiger partial charge in [-0.15, -0.1) is 0 Å². The molecule has 1 atom stereocenters. The van der Waals surface area contributed by atoms with Crippen LogP contribution >= 0.6 is 23.2 Å². The lowest BCUT2D eigenvalue weighted by Crippen LogP contribution is -2.49. The van der Waals surface area contributed by atoms with Crippen LogP contribution in [0.1, 0.15) is 38.7 Å². The lowest BCUT2D eigenvalue weighted by molar-refractivity contribution is -0.141. The predicted molar refractivity (Wildman–Crippen MR) is 138 cm³/mol. The van der Waals surface area contributed by atoms with Crippen LogP contribution in [0.2, 0.25) is 10.0 Å². The van der Waals surface area contributed by atoms with Crippen molar-refractivity contribution in [2.45, 2.75) is 45.7 Å². The molecule has 1 unspecified atom stereocenters. The molecule has 10 heteroatoms. The second-order valence-electron chi connectivity index (χ2n) is 7.89. The molecule has 0 aromatic heterocycles. The number of halogens is 2. The van der Waals surface area contributed by atoms with E-state index in [0.29, 0.717) is 28.7 Å². The van der Waals surface area contributed by atoms with Gasteiger partial charge in [-0.3, -0.25) is 13.9 Å². The summed E-state index contributed by atoms with van der Waals surface area (Å²) in [6.07, 6.45) is 1.92. The van der Waals surface area contributed by atoms with Gasteiger partial charge in [0.15, 0.2) is 0 Å². The summed E-state index contributed by atoms with van der Waals surface area (Å²) in [5.41, 5.74) is 1.28. The number of nitrogens with zero attached hydrogens (tertiary/aromatic N) is 2. The van der Waals surface area contributed by atoms with Crippen LogP contribution in [0.5, 0.6) is 0 Å². The minimum absolute atomic E-state index is 0.0794. The number of nitrogens with one attached hydrogen (secondary N) is 1. The maximum absolute atomic E-state index is 13.3. The summed E-state index contributed by atoms with van der Waals surface area (Å²) >= 11 is 12.0. The highest BCUT2D eigenvalue weighted by Crippen LogP contribution is 2.23. The van der Waals surface area contributed by atoms with Gasteiger partial charge in [0, 0.05) is 36.1 Å². The van der Waals surface area contributed by atoms with Crippen molar-refractivity contribution in [3.8, 4) is 0 Å². The summed E-state index contributed by atoms with van der Waals surface area (Å²) in [6.45, 7) is 4.49. The molecule has 34 heavy (non-hydrogen) atoms. The SMILES string of the molecule is CCNC(=O)C(CC)N(Cc1ccc(Cl)cc1)C(=O)CCCN(c1cccc(Cl)c1)S(C)(=O)=O. The normalized spacial score (nSPS) is 12.1. The molecule has 0 aliphatic carbocycles. The Hall–Kier alpha value is -2.29. The van der Waals surface area contributed by atoms with E-state index in [1.807, 2.05) is 26.0 Å². The van der Waals surface area contributed by atoms with Crippen molar-refractivity contribution in [2.24, 2.45) is 0 Å². The molecule has 1 N–H and O–H groups in total. The summed E-state index contributed by atoms with van der Waals surface area (Å²) in [5.74, 6) is -0.448. The Labute approximate surface area is 212 Å². The third-order valence-corrected chi connectivity index (χ3v) is 6.93. The van der Waals surface area contributed by atoms with Gasteiger partial charge in [0.1, 0.15) is 6.04 Å². The first-order valence-corrected chi connectivity index (χ1v) is 13.7. The maximum atomic E-state index is 13.3. The molecule has 0 spiro atoms. The van der Waals surface area contributed by atoms with E-state index in [1.54, 1.807) is 41.3 Å². The molecule has 0 fully saturated rings. The van der Waals surface area contributed by atoms with Gasteiger partial charge >= 0.3 is 0 Å². The van der Waals surface area contributed by atoms with Crippen molar-refractivity contribution >= 4 is 50.7 Å². The Morgan fingerprint density at radius 3 is 2.26 bits per heavy atom. The molecule has 2 aromatic carbocycles. The molecule has 2 amide bonds. The molecule has 0 aliphatic heterocycles. The fourth-order valence-electron chi connectivity index (χ4n) is 3.63. The number of rotatable bonds is 12. The molecule has 186 valence electrons. The molecule has 2 aromatic rings. The summed E-state index contributed by atoms with van der Waals surface area (Å²) in [5, 5.41) is 3.80. The van der Waals surface area contributed by atoms with Crippen molar-refractivity contribution in [3.63, 3.8) is 0 Å². The predicted octanol–water partition coefficient (Wildman–Crippen LogP) is 4.48. The molecule has 2 rings (SSSR count). The molecule has 0 bridgehead atoms. The first-order chi connectivity index (χ1) is 16.1. The Morgan fingerprint density at radius 1 is 1.03 bits per heavy atom. The van der Waals surface area contributed by atoms with E-state index in [0.717, 1.165) is 11.8 Å². The van der Waals surface area contributed by atoms with Crippen molar-refractivity contribution in [1.29, 1.82) is 0 Å². The minimum atomic E-state index is -3.57. The van der Waals surface area contributed by atoms with Crippen molar-refractivity contribution < 1.29 is 18.0 Å². The standard InChI is InChI=1S/C24H31Cl2N3O4S/c1-4-22(24(31)27-5-2)28(17-18-11-13-19(25)14-12-18)23(30)10-7-15-29(34(3,32)33)21-9-6-8-20(26)16-21/h6,8-9,11-14,16,22H,4-5,7,10,15,17H2,1-3H3,(H,27,31). The zero-order valence-electron chi connectivity index (χ0n) is 19.6. The molecule has 7 nitrogen and oxygen atoms in total. The smallest absolute Gasteiger partial charge is 0.242 e. The zero-order valence-corrected chi connectivity index (χ0v) is 22.0. The van der Waals surface area contributed by atoms with Gasteiger partial charge in [-0.25, -0.2) is 8.42 Å². The highest BCUT2D eigenvalue weighted by atomic mass is 35.5. The zero-order chi connectivity index (χ0) is 25.3. The molecule has 0 radical (unpaired) electrons. The van der Waals surface area contributed by atoms with Crippen molar-refractivity contribution in [2.75, 3.05) is 23.7 Å². The molecule has 0 heterocycles. The third kappa shape index (κ3) is 8.18. The quantitative estimate of drug-likeness (QED) is 0.440. The average molecular weight is 529 g/mol. The molecule has 0 saturated carbocycles. The van der Waals surface area contributed by atoms with Crippen LogP contribution in [0.15, 0.2) is 48.5 Å². The van der Waals surface area contributed by atoms with E-state index >= 15 is 0 Å². The number of carbonyl (C=O) groups is 2. The largest absolute Gasteiger partial charge is 0.355 e. The molecular formula is C24H31Cl2N3O4S. The van der Waals surface area contributed by atoms with Crippen LogP contribution in [0, 0.1) is 0 Å². The highest BCUT2D eigenvalue weighted by molar-refractivity contribution is 7.92. The Kier molecular flexibility index (Phi) is 10.7. The first-order valence-electron chi connectivity index (χ1n) is 11.1. The van der Waals surface area contributed by atoms with Gasteiger partial charge in [-0.1, -0.05) is 48.3 Å². The number of hydrogen-bond donors (Lipinski definition) is 1. The van der Waals surface area contributed by atoms with Gasteiger partial charge in [0.25, 0.3) is 0 Å². The first kappa shape index (κ1) is 28.0. The number of hydrogen-bond acceptors (Lipinski definition) is 4. The van der Waals surface area contributed by atoms with E-state index < -0.39 is 16.1 Å². The van der Waals surface area contributed by atoms with E-state index in [9.17, 15) is 18.0 Å². The van der Waals surface area contributed by atoms with Crippen LogP contribution in [-0.2, 0) is 26.2 Å². The fourth-order valence-corrected chi connectivity index (χ4v) is 4.90. The van der Waals surface area contributed by atoms with Crippen LogP contribution in [0.25, 0.3) is 0 Å². The Balaban J connectivity index is 2.19. The Morgan fingerprint density at radius 2 is 1.71 bits per heavy atom. The summed E-state index contributed by atoms with van der Waals surface area (Å²) in [6, 6.07) is 13.0. The number of anilines is 1. The Bertz CT molecular complexity index is 1080. The number of sulfonamides is 1. The number of benzene rings is 2. The van der Waals surface area contributed by atoms with Crippen LogP contribution in [0.4, 0.5) is 5.69 Å². The van der Waals surface area contributed by atoms with Gasteiger partial charge in [0.05, 0.1) is 11.9 Å². The lowest BCUT2D eigenvalue weighted by Gasteiger charge is -2.31. The van der Waals surface area contributed by atoms with Gasteiger partial charge < -0.3 is 10.2 Å². The van der Waals surface area contributed by atoms with E-state index in [1.165, 1.54) is 4.31 Å². The van der Waals surface area contributed by atoms with Crippen LogP contribution < -0.4 is 9.62 Å². The number of carbonyl (C=O) groups excluding carboxylic acids is 2. The molecule has 0 saturated heterocycles. The monoisotopic (exact) mass is 527 g/mol. The maximum Gasteiger partial charge on any atom is 0.242 e. The molecule has 0 aliphatic rings. The number of likely N-dealkylation sites (N-methyl/N-ethyl adjacent to an activating group) is 1. The fraction of sp³-hybridized carbons (Fsp3) is 0.417. The number of amides is 2. The highest BCUT2D eigenvalue weighted by Gasteiger charge is 2.28. The van der Waals surface area contributed by atoms with E-state index in [-0.39, 0.29) is 37.7 Å². The second-order valence-corrected chi connectivity index (χ2v) is 10.7. The van der Waals surface area contributed by atoms with Crippen LogP contribution in [0.3, 0.4) is 0 Å². The van der Waals surface area contributed by atoms with Gasteiger partial charge in [-0.05, 0) is 55.7 Å². The average Bonchev–Trinajstić information content (AvgIpc) is 2.77. The molecular weight excluding hydrogens is 497 g/mol. The summed E-state index contributed by atoms with van der Waals surface area (Å²) in [4.78, 5) is 27.5. The third-order valence-electron chi connectivity index (χ3n) is 5.25. The van der Waals surface area contributed by atoms with E-state index in [2.05, 4.69) is 5.32 Å². The van der Waals surface area contributed by atoms with Crippen molar-refractivity contribution in [3.05, 3.63) is 64.1 Å². The van der Waals surface area contributed by atoms with Gasteiger partial charge in [-0.2, -0.15) is 0 Å². The topological polar surface area (TPSA) is 86.8 Å². The lowest BCUT2D eigenvalue weighted by atomic mass is 10.1. The van der Waals surface area contributed by atoms with E-state index in [4.69, 9.17) is 23.2 Å².